The minimum Gasteiger partial charge on any atom is -0.292 e. The number of ketones is 1. The number of hydrogen-bond acceptors (Lipinski definition) is 4. The summed E-state index contributed by atoms with van der Waals surface area (Å²) in [6.07, 6.45) is 2.57. The lowest BCUT2D eigenvalue weighted by atomic mass is 10.2. The molecule has 0 aliphatic carbocycles. The SMILES string of the molecule is O=C(Cn1cc(Cl)cnc1=O)c1cc(Cl)sc1Cl. The molecule has 0 unspecified atom stereocenters. The van der Waals surface area contributed by atoms with Gasteiger partial charge in [0.15, 0.2) is 5.78 Å². The Morgan fingerprint density at radius 3 is 2.72 bits per heavy atom. The zero-order chi connectivity index (χ0) is 13.3. The molecular formula is C10H5Cl3N2O2S. The fraction of sp³-hybridized carbons (Fsp3) is 0.100. The van der Waals surface area contributed by atoms with E-state index in [1.807, 2.05) is 0 Å². The fourth-order valence-electron chi connectivity index (χ4n) is 1.31. The Morgan fingerprint density at radius 1 is 1.39 bits per heavy atom. The molecule has 0 fully saturated rings. The molecule has 0 aliphatic heterocycles. The van der Waals surface area contributed by atoms with E-state index in [0.717, 1.165) is 15.9 Å². The molecule has 0 spiro atoms. The van der Waals surface area contributed by atoms with Crippen LogP contribution in [0.4, 0.5) is 0 Å². The molecule has 0 saturated carbocycles. The molecule has 2 rings (SSSR count). The molecule has 0 atom stereocenters. The third-order valence-corrected chi connectivity index (χ3v) is 3.78. The molecule has 2 aromatic rings. The molecule has 0 bridgehead atoms. The molecule has 0 aromatic carbocycles. The minimum absolute atomic E-state index is 0.181. The van der Waals surface area contributed by atoms with Crippen molar-refractivity contribution in [3.8, 4) is 0 Å². The van der Waals surface area contributed by atoms with Gasteiger partial charge in [-0.2, -0.15) is 0 Å². The summed E-state index contributed by atoms with van der Waals surface area (Å²) >= 11 is 18.4. The number of Topliss-reactive ketones (excluding diaryl/α,β-unsaturated/α-hetero) is 1. The van der Waals surface area contributed by atoms with Crippen molar-refractivity contribution in [1.82, 2.24) is 9.55 Å². The maximum Gasteiger partial charge on any atom is 0.348 e. The number of thiophene rings is 1. The van der Waals surface area contributed by atoms with Crippen LogP contribution in [0.3, 0.4) is 0 Å². The monoisotopic (exact) mass is 322 g/mol. The van der Waals surface area contributed by atoms with Crippen LogP contribution in [0, 0.1) is 0 Å². The lowest BCUT2D eigenvalue weighted by Gasteiger charge is -2.03. The van der Waals surface area contributed by atoms with Gasteiger partial charge in [0.2, 0.25) is 0 Å². The van der Waals surface area contributed by atoms with E-state index in [1.165, 1.54) is 18.5 Å². The summed E-state index contributed by atoms with van der Waals surface area (Å²) < 4.78 is 1.83. The second-order valence-corrected chi connectivity index (χ2v) is 6.07. The third-order valence-electron chi connectivity index (χ3n) is 2.09. The normalized spacial score (nSPS) is 10.6. The van der Waals surface area contributed by atoms with E-state index in [0.29, 0.717) is 14.2 Å². The highest BCUT2D eigenvalue weighted by molar-refractivity contribution is 7.20. The number of carbonyl (C=O) groups is 1. The van der Waals surface area contributed by atoms with E-state index in [1.54, 1.807) is 0 Å². The third kappa shape index (κ3) is 2.92. The van der Waals surface area contributed by atoms with Gasteiger partial charge in [-0.3, -0.25) is 9.36 Å². The zero-order valence-electron chi connectivity index (χ0n) is 8.69. The van der Waals surface area contributed by atoms with Crippen LogP contribution in [0.1, 0.15) is 10.4 Å². The first-order valence-electron chi connectivity index (χ1n) is 4.67. The van der Waals surface area contributed by atoms with Gasteiger partial charge in [0.25, 0.3) is 0 Å². The smallest absolute Gasteiger partial charge is 0.292 e. The molecule has 0 saturated heterocycles. The summed E-state index contributed by atoms with van der Waals surface area (Å²) in [6, 6.07) is 1.47. The van der Waals surface area contributed by atoms with Crippen LogP contribution in [0.15, 0.2) is 23.3 Å². The van der Waals surface area contributed by atoms with Gasteiger partial charge < -0.3 is 0 Å². The number of aromatic nitrogens is 2. The Morgan fingerprint density at radius 2 is 2.11 bits per heavy atom. The maximum atomic E-state index is 11.9. The quantitative estimate of drug-likeness (QED) is 0.815. The average Bonchev–Trinajstić information content (AvgIpc) is 2.63. The van der Waals surface area contributed by atoms with Gasteiger partial charge in [-0.25, -0.2) is 9.78 Å². The van der Waals surface area contributed by atoms with Crippen LogP contribution in [-0.4, -0.2) is 15.3 Å². The second kappa shape index (κ2) is 5.40. The summed E-state index contributed by atoms with van der Waals surface area (Å²) in [6.45, 7) is -0.181. The number of hydrogen-bond donors (Lipinski definition) is 0. The summed E-state index contributed by atoms with van der Waals surface area (Å²) in [5, 5.41) is 0.275. The van der Waals surface area contributed by atoms with Crippen LogP contribution in [0.25, 0.3) is 0 Å². The topological polar surface area (TPSA) is 52.0 Å². The van der Waals surface area contributed by atoms with Crippen molar-refractivity contribution >= 4 is 51.9 Å². The lowest BCUT2D eigenvalue weighted by molar-refractivity contribution is 0.0971. The van der Waals surface area contributed by atoms with Crippen molar-refractivity contribution in [2.45, 2.75) is 6.54 Å². The molecule has 0 amide bonds. The average molecular weight is 324 g/mol. The number of halogens is 3. The Balaban J connectivity index is 2.29. The number of carbonyl (C=O) groups excluding carboxylic acids is 1. The van der Waals surface area contributed by atoms with Gasteiger partial charge in [-0.1, -0.05) is 34.8 Å². The van der Waals surface area contributed by atoms with Gasteiger partial charge in [0.1, 0.15) is 4.34 Å². The van der Waals surface area contributed by atoms with Crippen molar-refractivity contribution in [1.29, 1.82) is 0 Å². The Bertz CT molecular complexity index is 665. The van der Waals surface area contributed by atoms with Crippen molar-refractivity contribution in [3.05, 3.63) is 48.2 Å². The Hall–Kier alpha value is -0.880. The predicted octanol–water partition coefficient (Wildman–Crippen LogP) is 3.15. The molecule has 0 radical (unpaired) electrons. The first-order valence-corrected chi connectivity index (χ1v) is 6.62. The van der Waals surface area contributed by atoms with E-state index in [9.17, 15) is 9.59 Å². The van der Waals surface area contributed by atoms with Crippen LogP contribution in [-0.2, 0) is 6.54 Å². The Kier molecular flexibility index (Phi) is 4.07. The summed E-state index contributed by atoms with van der Waals surface area (Å²) in [5.41, 5.74) is -0.260. The molecular weight excluding hydrogens is 319 g/mol. The summed E-state index contributed by atoms with van der Waals surface area (Å²) in [7, 11) is 0. The Labute approximate surface area is 121 Å². The molecule has 4 nitrogen and oxygen atoms in total. The van der Waals surface area contributed by atoms with Crippen molar-refractivity contribution in [2.75, 3.05) is 0 Å². The fourth-order valence-corrected chi connectivity index (χ4v) is 2.98. The highest BCUT2D eigenvalue weighted by atomic mass is 35.5. The first kappa shape index (κ1) is 13.5. The standard InChI is InChI=1S/C10H5Cl3N2O2S/c11-5-2-14-10(17)15(3-5)4-7(16)6-1-8(12)18-9(6)13/h1-3H,4H2. The first-order chi connectivity index (χ1) is 8.47. The highest BCUT2D eigenvalue weighted by Crippen LogP contribution is 2.31. The van der Waals surface area contributed by atoms with Gasteiger partial charge in [-0.15, -0.1) is 11.3 Å². The predicted molar refractivity (Wildman–Crippen MR) is 72.2 cm³/mol. The van der Waals surface area contributed by atoms with Crippen LogP contribution in [0.2, 0.25) is 13.7 Å². The van der Waals surface area contributed by atoms with Gasteiger partial charge in [0.05, 0.1) is 27.7 Å². The van der Waals surface area contributed by atoms with E-state index in [2.05, 4.69) is 4.98 Å². The lowest BCUT2D eigenvalue weighted by Crippen LogP contribution is -2.25. The molecule has 2 heterocycles. The van der Waals surface area contributed by atoms with Crippen molar-refractivity contribution in [2.24, 2.45) is 0 Å². The summed E-state index contributed by atoms with van der Waals surface area (Å²) in [4.78, 5) is 26.9. The molecule has 0 aliphatic rings. The van der Waals surface area contributed by atoms with Crippen LogP contribution < -0.4 is 5.69 Å². The number of nitrogens with zero attached hydrogens (tertiary/aromatic N) is 2. The van der Waals surface area contributed by atoms with Crippen molar-refractivity contribution in [3.63, 3.8) is 0 Å². The van der Waals surface area contributed by atoms with Crippen LogP contribution in [0.5, 0.6) is 0 Å². The molecule has 18 heavy (non-hydrogen) atoms. The second-order valence-electron chi connectivity index (χ2n) is 3.34. The highest BCUT2D eigenvalue weighted by Gasteiger charge is 2.15. The molecule has 2 aromatic heterocycles. The minimum atomic E-state index is -0.551. The molecule has 0 N–H and O–H groups in total. The van der Waals surface area contributed by atoms with Crippen molar-refractivity contribution < 1.29 is 4.79 Å². The maximum absolute atomic E-state index is 11.9. The van der Waals surface area contributed by atoms with Gasteiger partial charge >= 0.3 is 5.69 Å². The molecule has 8 heteroatoms. The van der Waals surface area contributed by atoms with Gasteiger partial charge in [-0.05, 0) is 6.07 Å². The van der Waals surface area contributed by atoms with Crippen LogP contribution >= 0.6 is 46.1 Å². The zero-order valence-corrected chi connectivity index (χ0v) is 11.8. The van der Waals surface area contributed by atoms with Gasteiger partial charge in [0, 0.05) is 6.20 Å². The summed E-state index contributed by atoms with van der Waals surface area (Å²) in [5.74, 6) is -0.325. The largest absolute Gasteiger partial charge is 0.348 e. The van der Waals surface area contributed by atoms with E-state index in [-0.39, 0.29) is 17.4 Å². The van der Waals surface area contributed by atoms with E-state index in [4.69, 9.17) is 34.8 Å². The van der Waals surface area contributed by atoms with E-state index >= 15 is 0 Å². The molecule has 94 valence electrons. The van der Waals surface area contributed by atoms with E-state index < -0.39 is 5.69 Å². The number of rotatable bonds is 3.